The van der Waals surface area contributed by atoms with E-state index in [1.807, 2.05) is 0 Å². The third kappa shape index (κ3) is 3.86. The van der Waals surface area contributed by atoms with Gasteiger partial charge in [0.05, 0.1) is 5.02 Å². The third-order valence-corrected chi connectivity index (χ3v) is 3.90. The zero-order valence-electron chi connectivity index (χ0n) is 11.1. The largest absolute Gasteiger partial charge is 0.486 e. The second-order valence-electron chi connectivity index (χ2n) is 4.37. The Bertz CT molecular complexity index is 535. The van der Waals surface area contributed by atoms with Crippen LogP contribution in [0.1, 0.15) is 16.8 Å². The van der Waals surface area contributed by atoms with Gasteiger partial charge in [-0.1, -0.05) is 11.6 Å². The van der Waals surface area contributed by atoms with Crippen LogP contribution >= 0.6 is 11.6 Å². The summed E-state index contributed by atoms with van der Waals surface area (Å²) in [5.74, 6) is 1.31. The molecule has 1 N–H and O–H groups in total. The van der Waals surface area contributed by atoms with Crippen LogP contribution in [0.25, 0.3) is 0 Å². The molecule has 0 saturated carbocycles. The number of carbonyl (C=O) groups is 1. The minimum Gasteiger partial charge on any atom is -0.486 e. The molecule has 20 heavy (non-hydrogen) atoms. The van der Waals surface area contributed by atoms with Gasteiger partial charge in [0.1, 0.15) is 13.2 Å². The zero-order chi connectivity index (χ0) is 14.5. The molecule has 1 heterocycles. The summed E-state index contributed by atoms with van der Waals surface area (Å²) in [4.78, 5) is 12.0. The number of halogens is 1. The van der Waals surface area contributed by atoms with Crippen LogP contribution in [0.5, 0.6) is 11.5 Å². The lowest BCUT2D eigenvalue weighted by atomic mass is 10.1. The molecule has 5 nitrogen and oxygen atoms in total. The van der Waals surface area contributed by atoms with Crippen LogP contribution in [-0.4, -0.2) is 41.9 Å². The summed E-state index contributed by atoms with van der Waals surface area (Å²) >= 11 is 6.07. The van der Waals surface area contributed by atoms with Crippen molar-refractivity contribution in [1.29, 1.82) is 0 Å². The van der Waals surface area contributed by atoms with Crippen LogP contribution in [0.15, 0.2) is 12.1 Å². The Morgan fingerprint density at radius 2 is 2.15 bits per heavy atom. The molecule has 0 aliphatic carbocycles. The number of nitrogens with one attached hydrogen (secondary N) is 1. The van der Waals surface area contributed by atoms with E-state index in [0.717, 1.165) is 0 Å². The molecule has 0 spiro atoms. The summed E-state index contributed by atoms with van der Waals surface area (Å²) in [5.41, 5.74) is 0.428. The van der Waals surface area contributed by atoms with Gasteiger partial charge in [-0.05, 0) is 18.6 Å². The third-order valence-electron chi connectivity index (χ3n) is 2.75. The molecule has 1 atom stereocenters. The molecule has 0 radical (unpaired) electrons. The lowest BCUT2D eigenvalue weighted by Gasteiger charge is -2.20. The quantitative estimate of drug-likeness (QED) is 0.838. The van der Waals surface area contributed by atoms with Crippen molar-refractivity contribution in [3.63, 3.8) is 0 Å². The number of rotatable bonds is 5. The highest BCUT2D eigenvalue weighted by atomic mass is 35.5. The minimum absolute atomic E-state index is 0.231. The fourth-order valence-electron chi connectivity index (χ4n) is 1.82. The first-order valence-electron chi connectivity index (χ1n) is 6.25. The topological polar surface area (TPSA) is 64.6 Å². The van der Waals surface area contributed by atoms with E-state index >= 15 is 0 Å². The number of carbonyl (C=O) groups excluding carboxylic acids is 1. The average Bonchev–Trinajstić information content (AvgIpc) is 2.43. The van der Waals surface area contributed by atoms with Gasteiger partial charge in [0.2, 0.25) is 0 Å². The summed E-state index contributed by atoms with van der Waals surface area (Å²) in [7, 11) is -0.839. The number of benzene rings is 1. The monoisotopic (exact) mass is 317 g/mol. The number of amides is 1. The molecule has 0 fully saturated rings. The lowest BCUT2D eigenvalue weighted by molar-refractivity contribution is 0.0952. The molecular formula is C13H16ClNO4S. The van der Waals surface area contributed by atoms with E-state index < -0.39 is 10.8 Å². The molecule has 7 heteroatoms. The molecule has 1 aromatic rings. The van der Waals surface area contributed by atoms with Crippen molar-refractivity contribution in [2.24, 2.45) is 0 Å². The maximum Gasteiger partial charge on any atom is 0.251 e. The molecule has 0 aromatic heterocycles. The van der Waals surface area contributed by atoms with Crippen molar-refractivity contribution < 1.29 is 18.5 Å². The van der Waals surface area contributed by atoms with Crippen molar-refractivity contribution in [2.45, 2.75) is 6.42 Å². The Kier molecular flexibility index (Phi) is 5.25. The van der Waals surface area contributed by atoms with Gasteiger partial charge in [-0.25, -0.2) is 0 Å². The second-order valence-corrected chi connectivity index (χ2v) is 6.33. The van der Waals surface area contributed by atoms with Gasteiger partial charge in [0.15, 0.2) is 11.5 Å². The summed E-state index contributed by atoms with van der Waals surface area (Å²) in [6.45, 7) is 1.37. The van der Waals surface area contributed by atoms with Gasteiger partial charge in [-0.15, -0.1) is 0 Å². The SMILES string of the molecule is CS(=O)CCCNC(=O)c1cc(Cl)c2c(c1)OCCO2. The lowest BCUT2D eigenvalue weighted by Crippen LogP contribution is -2.26. The van der Waals surface area contributed by atoms with Gasteiger partial charge in [0.25, 0.3) is 5.91 Å². The van der Waals surface area contributed by atoms with Crippen LogP contribution in [0.4, 0.5) is 0 Å². The van der Waals surface area contributed by atoms with Gasteiger partial charge >= 0.3 is 0 Å². The van der Waals surface area contributed by atoms with E-state index in [0.29, 0.717) is 54.0 Å². The number of ether oxygens (including phenoxy) is 2. The molecule has 1 aliphatic rings. The molecule has 110 valence electrons. The van der Waals surface area contributed by atoms with E-state index in [-0.39, 0.29) is 5.91 Å². The Balaban J connectivity index is 1.99. The smallest absolute Gasteiger partial charge is 0.251 e. The first kappa shape index (κ1) is 15.1. The van der Waals surface area contributed by atoms with E-state index in [1.54, 1.807) is 18.4 Å². The summed E-state index contributed by atoms with van der Waals surface area (Å²) < 4.78 is 21.7. The van der Waals surface area contributed by atoms with Gasteiger partial charge in [0, 0.05) is 34.9 Å². The predicted molar refractivity (Wildman–Crippen MR) is 78.3 cm³/mol. The molecule has 0 saturated heterocycles. The summed E-state index contributed by atoms with van der Waals surface area (Å²) in [6.07, 6.45) is 2.32. The van der Waals surface area contributed by atoms with Gasteiger partial charge in [-0.3, -0.25) is 9.00 Å². The molecular weight excluding hydrogens is 302 g/mol. The fourth-order valence-corrected chi connectivity index (χ4v) is 2.64. The maximum atomic E-state index is 12.0. The van der Waals surface area contributed by atoms with Crippen LogP contribution in [0.2, 0.25) is 5.02 Å². The van der Waals surface area contributed by atoms with E-state index in [9.17, 15) is 9.00 Å². The highest BCUT2D eigenvalue weighted by Gasteiger charge is 2.19. The minimum atomic E-state index is -0.839. The highest BCUT2D eigenvalue weighted by Crippen LogP contribution is 2.38. The van der Waals surface area contributed by atoms with E-state index in [1.165, 1.54) is 0 Å². The highest BCUT2D eigenvalue weighted by molar-refractivity contribution is 7.84. The van der Waals surface area contributed by atoms with Crippen molar-refractivity contribution in [3.05, 3.63) is 22.7 Å². The normalized spacial score (nSPS) is 14.7. The van der Waals surface area contributed by atoms with Gasteiger partial charge in [-0.2, -0.15) is 0 Å². The van der Waals surface area contributed by atoms with Crippen LogP contribution in [0, 0.1) is 0 Å². The number of fused-ring (bicyclic) bond motifs is 1. The Labute approximate surface area is 125 Å². The standard InChI is InChI=1S/C13H16ClNO4S/c1-20(17)6-2-3-15-13(16)9-7-10(14)12-11(8-9)18-4-5-19-12/h7-8H,2-6H2,1H3,(H,15,16). The van der Waals surface area contributed by atoms with Gasteiger partial charge < -0.3 is 14.8 Å². The summed E-state index contributed by atoms with van der Waals surface area (Å²) in [6, 6.07) is 3.18. The molecule has 1 unspecified atom stereocenters. The van der Waals surface area contributed by atoms with Crippen molar-refractivity contribution in [3.8, 4) is 11.5 Å². The first-order valence-corrected chi connectivity index (χ1v) is 8.36. The van der Waals surface area contributed by atoms with Crippen LogP contribution in [-0.2, 0) is 10.8 Å². The van der Waals surface area contributed by atoms with Crippen LogP contribution < -0.4 is 14.8 Å². The Hall–Kier alpha value is -1.27. The zero-order valence-corrected chi connectivity index (χ0v) is 12.7. The Morgan fingerprint density at radius 1 is 1.40 bits per heavy atom. The van der Waals surface area contributed by atoms with Crippen LogP contribution in [0.3, 0.4) is 0 Å². The molecule has 0 bridgehead atoms. The summed E-state index contributed by atoms with van der Waals surface area (Å²) in [5, 5.41) is 3.12. The molecule has 1 aromatic carbocycles. The van der Waals surface area contributed by atoms with E-state index in [4.69, 9.17) is 21.1 Å². The van der Waals surface area contributed by atoms with Crippen molar-refractivity contribution >= 4 is 28.3 Å². The predicted octanol–water partition coefficient (Wildman–Crippen LogP) is 1.61. The number of hydrogen-bond acceptors (Lipinski definition) is 4. The Morgan fingerprint density at radius 3 is 2.90 bits per heavy atom. The first-order chi connectivity index (χ1) is 9.58. The van der Waals surface area contributed by atoms with Crippen molar-refractivity contribution in [1.82, 2.24) is 5.32 Å². The van der Waals surface area contributed by atoms with E-state index in [2.05, 4.69) is 5.32 Å². The fraction of sp³-hybridized carbons (Fsp3) is 0.462. The second kappa shape index (κ2) is 6.95. The molecule has 2 rings (SSSR count). The molecule has 1 aliphatic heterocycles. The number of hydrogen-bond donors (Lipinski definition) is 1. The maximum absolute atomic E-state index is 12.0. The average molecular weight is 318 g/mol. The molecule has 1 amide bonds. The van der Waals surface area contributed by atoms with Crippen molar-refractivity contribution in [2.75, 3.05) is 31.8 Å².